The lowest BCUT2D eigenvalue weighted by atomic mass is 9.78. The number of hydrogen-bond donors (Lipinski definition) is 0. The first-order valence-electron chi connectivity index (χ1n) is 19.0. The predicted octanol–water partition coefficient (Wildman–Crippen LogP) is 13.9. The summed E-state index contributed by atoms with van der Waals surface area (Å²) in [6.45, 7) is 22.0. The van der Waals surface area contributed by atoms with Crippen molar-refractivity contribution < 1.29 is 0 Å². The Morgan fingerprint density at radius 1 is 0.453 bits per heavy atom. The van der Waals surface area contributed by atoms with Gasteiger partial charge in [0.1, 0.15) is 0 Å². The van der Waals surface area contributed by atoms with Crippen molar-refractivity contribution in [2.24, 2.45) is 0 Å². The number of hydrogen-bond acceptors (Lipinski definition) is 0. The Hall–Kier alpha value is -5.98. The van der Waals surface area contributed by atoms with Crippen molar-refractivity contribution in [1.29, 1.82) is 0 Å². The zero-order valence-electron chi connectivity index (χ0n) is 31.8. The smallest absolute Gasteiger partial charge is 0.0159 e. The first-order chi connectivity index (χ1) is 25.9. The maximum Gasteiger partial charge on any atom is 0.0159 e. The van der Waals surface area contributed by atoms with E-state index in [2.05, 4.69) is 180 Å². The van der Waals surface area contributed by atoms with Crippen LogP contribution in [-0.4, -0.2) is 0 Å². The van der Waals surface area contributed by atoms with Crippen LogP contribution < -0.4 is 10.4 Å². The van der Waals surface area contributed by atoms with E-state index in [4.69, 9.17) is 0 Å². The van der Waals surface area contributed by atoms with E-state index < -0.39 is 0 Å². The third kappa shape index (κ3) is 4.96. The fourth-order valence-corrected chi connectivity index (χ4v) is 9.18. The van der Waals surface area contributed by atoms with E-state index in [1.807, 2.05) is 19.9 Å². The van der Waals surface area contributed by atoms with Crippen molar-refractivity contribution in [2.75, 3.05) is 0 Å². The van der Waals surface area contributed by atoms with E-state index in [9.17, 15) is 0 Å². The molecule has 0 bridgehead atoms. The summed E-state index contributed by atoms with van der Waals surface area (Å²) >= 11 is 0. The van der Waals surface area contributed by atoms with Gasteiger partial charge in [0.2, 0.25) is 0 Å². The van der Waals surface area contributed by atoms with E-state index in [0.29, 0.717) is 0 Å². The Kier molecular flexibility index (Phi) is 8.51. The van der Waals surface area contributed by atoms with Gasteiger partial charge in [-0.15, -0.1) is 0 Å². The molecule has 0 unspecified atom stereocenters. The highest BCUT2D eigenvalue weighted by atomic mass is 14.4. The third-order valence-corrected chi connectivity index (χ3v) is 11.5. The minimum absolute atomic E-state index is 0.193. The number of rotatable bonds is 4. The molecular formula is C53H46. The Balaban J connectivity index is 0.00000197. The monoisotopic (exact) mass is 682 g/mol. The molecule has 0 heteroatoms. The predicted molar refractivity (Wildman–Crippen MR) is 236 cm³/mol. The van der Waals surface area contributed by atoms with Gasteiger partial charge in [-0.3, -0.25) is 0 Å². The molecule has 9 rings (SSSR count). The van der Waals surface area contributed by atoms with Gasteiger partial charge < -0.3 is 0 Å². The van der Waals surface area contributed by atoms with Crippen LogP contribution >= 0.6 is 0 Å². The number of fused-ring (bicyclic) bond motifs is 9. The molecule has 0 aliphatic heterocycles. The van der Waals surface area contributed by atoms with E-state index in [-0.39, 0.29) is 5.41 Å². The van der Waals surface area contributed by atoms with Gasteiger partial charge in [0.25, 0.3) is 0 Å². The van der Waals surface area contributed by atoms with Gasteiger partial charge in [-0.2, -0.15) is 0 Å². The molecule has 0 aromatic heterocycles. The average Bonchev–Trinajstić information content (AvgIpc) is 3.45. The van der Waals surface area contributed by atoms with Crippen molar-refractivity contribution in [3.05, 3.63) is 167 Å². The van der Waals surface area contributed by atoms with Crippen LogP contribution in [0.25, 0.3) is 101 Å². The zero-order chi connectivity index (χ0) is 37.0. The van der Waals surface area contributed by atoms with E-state index in [1.54, 1.807) is 0 Å². The minimum Gasteiger partial charge on any atom is -0.0984 e. The molecule has 53 heavy (non-hydrogen) atoms. The summed E-state index contributed by atoms with van der Waals surface area (Å²) in [4.78, 5) is 0. The fraction of sp³-hybridized carbons (Fsp3) is 0.132. The molecule has 0 N–H and O–H groups in total. The quantitative estimate of drug-likeness (QED) is 0.162. The second-order valence-electron chi connectivity index (χ2n) is 14.3. The van der Waals surface area contributed by atoms with Crippen molar-refractivity contribution >= 4 is 67.4 Å². The van der Waals surface area contributed by atoms with Crippen LogP contribution in [0.5, 0.6) is 0 Å². The Labute approximate surface area is 313 Å². The van der Waals surface area contributed by atoms with Crippen LogP contribution in [0.1, 0.15) is 63.8 Å². The highest BCUT2D eigenvalue weighted by molar-refractivity contribution is 6.12. The molecule has 0 amide bonds. The van der Waals surface area contributed by atoms with Crippen LogP contribution in [0.15, 0.2) is 134 Å². The Bertz CT molecular complexity index is 2930. The van der Waals surface area contributed by atoms with Gasteiger partial charge in [-0.1, -0.05) is 174 Å². The van der Waals surface area contributed by atoms with Crippen molar-refractivity contribution in [1.82, 2.24) is 0 Å². The van der Waals surface area contributed by atoms with Gasteiger partial charge in [-0.05, 0) is 135 Å². The highest BCUT2D eigenvalue weighted by Gasteiger charge is 2.39. The summed E-state index contributed by atoms with van der Waals surface area (Å²) in [5, 5.41) is 12.6. The molecule has 8 aromatic rings. The normalized spacial score (nSPS) is 13.6. The molecule has 0 heterocycles. The second-order valence-corrected chi connectivity index (χ2v) is 14.3. The highest BCUT2D eigenvalue weighted by Crippen LogP contribution is 2.55. The summed E-state index contributed by atoms with van der Waals surface area (Å²) in [6.07, 6.45) is 8.71. The maximum absolute atomic E-state index is 4.43. The van der Waals surface area contributed by atoms with E-state index in [0.717, 1.165) is 11.1 Å². The van der Waals surface area contributed by atoms with E-state index in [1.165, 1.54) is 98.0 Å². The van der Waals surface area contributed by atoms with Crippen LogP contribution in [0.3, 0.4) is 0 Å². The van der Waals surface area contributed by atoms with Crippen molar-refractivity contribution in [3.63, 3.8) is 0 Å². The summed E-state index contributed by atoms with van der Waals surface area (Å²) in [7, 11) is 0. The van der Waals surface area contributed by atoms with E-state index >= 15 is 0 Å². The molecule has 0 radical (unpaired) electrons. The fourth-order valence-electron chi connectivity index (χ4n) is 9.18. The lowest BCUT2D eigenvalue weighted by molar-refractivity contribution is 0.661. The molecule has 0 atom stereocenters. The first-order valence-corrected chi connectivity index (χ1v) is 19.0. The van der Waals surface area contributed by atoms with Crippen LogP contribution in [0.4, 0.5) is 0 Å². The minimum atomic E-state index is -0.193. The maximum atomic E-state index is 4.43. The molecule has 1 aliphatic rings. The molecule has 0 spiro atoms. The molecule has 0 saturated carbocycles. The molecular weight excluding hydrogens is 637 g/mol. The Morgan fingerprint density at radius 3 is 1.64 bits per heavy atom. The van der Waals surface area contributed by atoms with Crippen molar-refractivity contribution in [2.45, 2.75) is 47.0 Å². The first kappa shape index (κ1) is 34.1. The topological polar surface area (TPSA) is 0 Å². The largest absolute Gasteiger partial charge is 0.0984 e. The van der Waals surface area contributed by atoms with Gasteiger partial charge in [-0.25, -0.2) is 0 Å². The second kappa shape index (κ2) is 13.2. The van der Waals surface area contributed by atoms with Gasteiger partial charge in [0, 0.05) is 5.41 Å². The third-order valence-electron chi connectivity index (χ3n) is 11.5. The summed E-state index contributed by atoms with van der Waals surface area (Å²) in [5.41, 5.74) is 12.3. The number of benzene rings is 8. The molecule has 258 valence electrons. The zero-order valence-corrected chi connectivity index (χ0v) is 31.8. The standard InChI is InChI=1S/C51H40.C2H6/c1-7-35-36(8-2)49-46(51(5,6)45-28-26-32-18-12-14-20-41(32)50(45)49)30-44(35)48-38(10-4)37(9-3)47(42-21-15-16-22-43(42)48)34-25-27-40-33(29-34)24-23-31-17-11-13-19-39(31)40;1-2/h7-30H,1-2H2,3-6H3;1-2H3/b37-9+,38-10+;. The molecule has 0 saturated heterocycles. The molecule has 0 fully saturated rings. The van der Waals surface area contributed by atoms with Crippen molar-refractivity contribution in [3.8, 4) is 33.4 Å². The summed E-state index contributed by atoms with van der Waals surface area (Å²) in [5.74, 6) is 0. The summed E-state index contributed by atoms with van der Waals surface area (Å²) in [6, 6.07) is 45.0. The molecule has 1 aliphatic carbocycles. The van der Waals surface area contributed by atoms with Crippen LogP contribution in [-0.2, 0) is 5.41 Å². The van der Waals surface area contributed by atoms with Crippen LogP contribution in [0.2, 0.25) is 0 Å². The lowest BCUT2D eigenvalue weighted by Crippen LogP contribution is -2.29. The molecule has 8 aromatic carbocycles. The Morgan fingerprint density at radius 2 is 0.981 bits per heavy atom. The molecule has 0 nitrogen and oxygen atoms in total. The average molecular weight is 683 g/mol. The lowest BCUT2D eigenvalue weighted by Gasteiger charge is -2.25. The SMILES string of the molecule is C=Cc1c(-c2c(=C/C)/c(=C\C)c(-c3ccc4c(ccc5ccccc54)c3)c3ccccc23)cc2c(c1C=C)-c1c(ccc3ccccc13)C2(C)C.CC. The van der Waals surface area contributed by atoms with Gasteiger partial charge in [0.15, 0.2) is 0 Å². The van der Waals surface area contributed by atoms with Gasteiger partial charge in [0.05, 0.1) is 0 Å². The summed E-state index contributed by atoms with van der Waals surface area (Å²) < 4.78 is 0. The van der Waals surface area contributed by atoms with Crippen LogP contribution in [0, 0.1) is 0 Å². The van der Waals surface area contributed by atoms with Gasteiger partial charge >= 0.3 is 0 Å².